The number of fused-ring (bicyclic) bond motifs is 1. The number of hydrogen-bond donors (Lipinski definition) is 0. The average Bonchev–Trinajstić information content (AvgIpc) is 2.69. The van der Waals surface area contributed by atoms with Crippen LogP contribution < -0.4 is 0 Å². The Morgan fingerprint density at radius 3 is 2.62 bits per heavy atom. The van der Waals surface area contributed by atoms with Crippen LogP contribution in [-0.4, -0.2) is 42.3 Å². The lowest BCUT2D eigenvalue weighted by Gasteiger charge is -2.29. The van der Waals surface area contributed by atoms with Crippen LogP contribution in [-0.2, 0) is 13.0 Å². The Balaban J connectivity index is 1.70. The second kappa shape index (κ2) is 6.59. The summed E-state index contributed by atoms with van der Waals surface area (Å²) in [5, 5.41) is 0. The number of pyridine rings is 1. The SMILES string of the molecule is Cc1ncnc(C(=O)N2CCc3ncnc(-c4ccncc4)c3C2)c1C. The molecule has 130 valence electrons. The zero-order chi connectivity index (χ0) is 18.1. The van der Waals surface area contributed by atoms with Crippen LogP contribution in [0.3, 0.4) is 0 Å². The van der Waals surface area contributed by atoms with E-state index in [1.54, 1.807) is 18.7 Å². The summed E-state index contributed by atoms with van der Waals surface area (Å²) in [5.41, 5.74) is 5.91. The molecule has 4 rings (SSSR count). The van der Waals surface area contributed by atoms with Crippen molar-refractivity contribution in [2.45, 2.75) is 26.8 Å². The van der Waals surface area contributed by atoms with E-state index in [2.05, 4.69) is 24.9 Å². The minimum Gasteiger partial charge on any atom is -0.332 e. The van der Waals surface area contributed by atoms with Gasteiger partial charge in [-0.1, -0.05) is 0 Å². The van der Waals surface area contributed by atoms with Gasteiger partial charge in [0.1, 0.15) is 18.3 Å². The summed E-state index contributed by atoms with van der Waals surface area (Å²) in [6, 6.07) is 3.84. The predicted molar refractivity (Wildman–Crippen MR) is 95.2 cm³/mol. The van der Waals surface area contributed by atoms with Crippen LogP contribution in [0.2, 0.25) is 0 Å². The normalized spacial score (nSPS) is 13.4. The van der Waals surface area contributed by atoms with E-state index in [1.165, 1.54) is 6.33 Å². The third-order valence-electron chi connectivity index (χ3n) is 4.78. The van der Waals surface area contributed by atoms with Gasteiger partial charge >= 0.3 is 0 Å². The number of rotatable bonds is 2. The molecule has 0 spiro atoms. The van der Waals surface area contributed by atoms with Crippen molar-refractivity contribution in [3.05, 3.63) is 65.4 Å². The fourth-order valence-electron chi connectivity index (χ4n) is 3.18. The highest BCUT2D eigenvalue weighted by atomic mass is 16.2. The first kappa shape index (κ1) is 16.3. The number of amides is 1. The molecule has 0 aliphatic carbocycles. The molecule has 0 unspecified atom stereocenters. The topological polar surface area (TPSA) is 84.8 Å². The van der Waals surface area contributed by atoms with Crippen LogP contribution in [0.1, 0.15) is 33.0 Å². The Bertz CT molecular complexity index is 973. The number of carbonyl (C=O) groups excluding carboxylic acids is 1. The molecule has 4 heterocycles. The molecule has 0 saturated carbocycles. The quantitative estimate of drug-likeness (QED) is 0.707. The van der Waals surface area contributed by atoms with Crippen LogP contribution in [0.4, 0.5) is 0 Å². The zero-order valence-corrected chi connectivity index (χ0v) is 14.7. The molecule has 0 radical (unpaired) electrons. The van der Waals surface area contributed by atoms with Crippen molar-refractivity contribution in [1.29, 1.82) is 0 Å². The Morgan fingerprint density at radius 1 is 1.04 bits per heavy atom. The maximum Gasteiger partial charge on any atom is 0.273 e. The van der Waals surface area contributed by atoms with Crippen LogP contribution in [0, 0.1) is 13.8 Å². The number of aryl methyl sites for hydroxylation is 1. The minimum atomic E-state index is -0.0804. The molecule has 3 aromatic heterocycles. The van der Waals surface area contributed by atoms with Gasteiger partial charge in [0.15, 0.2) is 0 Å². The van der Waals surface area contributed by atoms with Gasteiger partial charge in [-0.25, -0.2) is 19.9 Å². The van der Waals surface area contributed by atoms with E-state index >= 15 is 0 Å². The van der Waals surface area contributed by atoms with Gasteiger partial charge in [-0.15, -0.1) is 0 Å². The van der Waals surface area contributed by atoms with Crippen LogP contribution >= 0.6 is 0 Å². The average molecular weight is 346 g/mol. The molecule has 0 bridgehead atoms. The van der Waals surface area contributed by atoms with E-state index < -0.39 is 0 Å². The molecule has 0 N–H and O–H groups in total. The lowest BCUT2D eigenvalue weighted by molar-refractivity contribution is 0.0726. The Kier molecular flexibility index (Phi) is 4.12. The molecule has 26 heavy (non-hydrogen) atoms. The first-order valence-electron chi connectivity index (χ1n) is 8.45. The van der Waals surface area contributed by atoms with Crippen molar-refractivity contribution in [2.24, 2.45) is 0 Å². The van der Waals surface area contributed by atoms with Crippen molar-refractivity contribution in [3.8, 4) is 11.3 Å². The molecular weight excluding hydrogens is 328 g/mol. The summed E-state index contributed by atoms with van der Waals surface area (Å²) in [6.45, 7) is 4.84. The minimum absolute atomic E-state index is 0.0804. The molecule has 3 aromatic rings. The molecule has 0 aromatic carbocycles. The van der Waals surface area contributed by atoms with Crippen molar-refractivity contribution in [1.82, 2.24) is 29.8 Å². The molecule has 1 amide bonds. The maximum absolute atomic E-state index is 13.0. The summed E-state index contributed by atoms with van der Waals surface area (Å²) in [6.07, 6.45) is 7.21. The summed E-state index contributed by atoms with van der Waals surface area (Å²) >= 11 is 0. The molecule has 1 aliphatic rings. The third kappa shape index (κ3) is 2.81. The number of aromatic nitrogens is 5. The van der Waals surface area contributed by atoms with Gasteiger partial charge in [-0.2, -0.15) is 0 Å². The fraction of sp³-hybridized carbons (Fsp3) is 0.263. The van der Waals surface area contributed by atoms with Gasteiger partial charge in [0, 0.05) is 54.3 Å². The van der Waals surface area contributed by atoms with Gasteiger partial charge in [0.05, 0.1) is 11.4 Å². The molecule has 7 heteroatoms. The van der Waals surface area contributed by atoms with E-state index in [0.717, 1.165) is 33.8 Å². The van der Waals surface area contributed by atoms with Crippen LogP contribution in [0.15, 0.2) is 37.2 Å². The highest BCUT2D eigenvalue weighted by molar-refractivity contribution is 5.94. The van der Waals surface area contributed by atoms with Crippen molar-refractivity contribution < 1.29 is 4.79 Å². The van der Waals surface area contributed by atoms with Gasteiger partial charge < -0.3 is 4.90 Å². The Morgan fingerprint density at radius 2 is 1.81 bits per heavy atom. The summed E-state index contributed by atoms with van der Waals surface area (Å²) in [5.74, 6) is -0.0804. The molecule has 0 fully saturated rings. The van der Waals surface area contributed by atoms with Crippen molar-refractivity contribution in [3.63, 3.8) is 0 Å². The molecule has 0 atom stereocenters. The lowest BCUT2D eigenvalue weighted by atomic mass is 9.99. The standard InChI is InChI=1S/C19H18N6O/c1-12-13(2)21-10-23-17(12)19(26)25-8-5-16-15(9-25)18(24-11-22-16)14-3-6-20-7-4-14/h3-4,6-7,10-11H,5,8-9H2,1-2H3. The van der Waals surface area contributed by atoms with Crippen molar-refractivity contribution >= 4 is 5.91 Å². The molecule has 7 nitrogen and oxygen atoms in total. The smallest absolute Gasteiger partial charge is 0.273 e. The molecule has 1 aliphatic heterocycles. The number of nitrogens with zero attached hydrogens (tertiary/aromatic N) is 6. The van der Waals surface area contributed by atoms with Gasteiger partial charge in [-0.3, -0.25) is 9.78 Å². The van der Waals surface area contributed by atoms with Gasteiger partial charge in [0.2, 0.25) is 0 Å². The second-order valence-electron chi connectivity index (χ2n) is 6.29. The lowest BCUT2D eigenvalue weighted by Crippen LogP contribution is -2.37. The summed E-state index contributed by atoms with van der Waals surface area (Å²) in [4.78, 5) is 36.1. The maximum atomic E-state index is 13.0. The van der Waals surface area contributed by atoms with E-state index in [4.69, 9.17) is 0 Å². The highest BCUT2D eigenvalue weighted by Gasteiger charge is 2.27. The number of carbonyl (C=O) groups is 1. The van der Waals surface area contributed by atoms with Crippen molar-refractivity contribution in [2.75, 3.05) is 6.54 Å². The Labute approximate surface area is 151 Å². The van der Waals surface area contributed by atoms with Crippen LogP contribution in [0.5, 0.6) is 0 Å². The first-order chi connectivity index (χ1) is 12.6. The van der Waals surface area contributed by atoms with E-state index in [1.807, 2.05) is 30.9 Å². The van der Waals surface area contributed by atoms with E-state index in [-0.39, 0.29) is 5.91 Å². The van der Waals surface area contributed by atoms with Gasteiger partial charge in [-0.05, 0) is 26.0 Å². The fourth-order valence-corrected chi connectivity index (χ4v) is 3.18. The summed E-state index contributed by atoms with van der Waals surface area (Å²) < 4.78 is 0. The molecule has 0 saturated heterocycles. The predicted octanol–water partition coefficient (Wildman–Crippen LogP) is 2.14. The number of hydrogen-bond acceptors (Lipinski definition) is 6. The first-order valence-corrected chi connectivity index (χ1v) is 8.45. The third-order valence-corrected chi connectivity index (χ3v) is 4.78. The molecular formula is C19H18N6O. The van der Waals surface area contributed by atoms with Gasteiger partial charge in [0.25, 0.3) is 5.91 Å². The van der Waals surface area contributed by atoms with E-state index in [9.17, 15) is 4.79 Å². The highest BCUT2D eigenvalue weighted by Crippen LogP contribution is 2.27. The second-order valence-corrected chi connectivity index (χ2v) is 6.29. The van der Waals surface area contributed by atoms with Crippen LogP contribution in [0.25, 0.3) is 11.3 Å². The largest absolute Gasteiger partial charge is 0.332 e. The van der Waals surface area contributed by atoms with E-state index in [0.29, 0.717) is 25.2 Å². The monoisotopic (exact) mass is 346 g/mol. The zero-order valence-electron chi connectivity index (χ0n) is 14.7. The Hall–Kier alpha value is -3.22. The summed E-state index contributed by atoms with van der Waals surface area (Å²) in [7, 11) is 0.